The van der Waals surface area contributed by atoms with E-state index in [2.05, 4.69) is 26.9 Å². The van der Waals surface area contributed by atoms with E-state index in [1.807, 2.05) is 24.3 Å². The molecule has 0 bridgehead atoms. The molecule has 0 aliphatic heterocycles. The molecule has 1 N–H and O–H groups in total. The van der Waals surface area contributed by atoms with Crippen molar-refractivity contribution >= 4 is 29.2 Å². The fourth-order valence-corrected chi connectivity index (χ4v) is 3.82. The second kappa shape index (κ2) is 7.13. The molecule has 0 spiro atoms. The zero-order valence-electron chi connectivity index (χ0n) is 14.1. The third-order valence-corrected chi connectivity index (χ3v) is 5.52. The molecule has 26 heavy (non-hydrogen) atoms. The summed E-state index contributed by atoms with van der Waals surface area (Å²) in [6.07, 6.45) is 2.07. The summed E-state index contributed by atoms with van der Waals surface area (Å²) in [4.78, 5) is 0. The van der Waals surface area contributed by atoms with Gasteiger partial charge in [-0.1, -0.05) is 46.5 Å². The van der Waals surface area contributed by atoms with Crippen LogP contribution < -0.4 is 10.1 Å². The number of nitrogens with zero attached hydrogens (tertiary/aromatic N) is 4. The Hall–Kier alpha value is -2.31. The van der Waals surface area contributed by atoms with Crippen molar-refractivity contribution < 1.29 is 4.74 Å². The molecule has 1 aliphatic rings. The minimum atomic E-state index is 0.375. The highest BCUT2D eigenvalue weighted by atomic mass is 35.5. The Balaban J connectivity index is 1.55. The molecular formula is C18H17Cl2N5O. The molecule has 4 rings (SSSR count). The lowest BCUT2D eigenvalue weighted by Gasteiger charge is -2.14. The molecule has 1 aromatic heterocycles. The zero-order chi connectivity index (χ0) is 18.1. The lowest BCUT2D eigenvalue weighted by atomic mass is 10.0. The van der Waals surface area contributed by atoms with Gasteiger partial charge >= 0.3 is 0 Å². The minimum absolute atomic E-state index is 0.375. The maximum absolute atomic E-state index is 6.29. The predicted octanol–water partition coefficient (Wildman–Crippen LogP) is 4.12. The predicted molar refractivity (Wildman–Crippen MR) is 102 cm³/mol. The third-order valence-electron chi connectivity index (χ3n) is 4.71. The number of methoxy groups -OCH3 is 1. The minimum Gasteiger partial charge on any atom is -0.496 e. The number of halogens is 2. The van der Waals surface area contributed by atoms with Gasteiger partial charge in [-0.15, -0.1) is 0 Å². The zero-order valence-corrected chi connectivity index (χ0v) is 15.6. The van der Waals surface area contributed by atoms with Crippen molar-refractivity contribution in [3.63, 3.8) is 0 Å². The Morgan fingerprint density at radius 1 is 1.23 bits per heavy atom. The fourth-order valence-electron chi connectivity index (χ4n) is 3.44. The van der Waals surface area contributed by atoms with Crippen LogP contribution in [-0.4, -0.2) is 33.9 Å². The van der Waals surface area contributed by atoms with Crippen LogP contribution in [0.4, 0.5) is 5.95 Å². The van der Waals surface area contributed by atoms with Gasteiger partial charge in [-0.05, 0) is 52.6 Å². The molecule has 0 fully saturated rings. The molecule has 0 saturated heterocycles. The van der Waals surface area contributed by atoms with Crippen LogP contribution in [0, 0.1) is 0 Å². The Bertz CT molecular complexity index is 943. The molecule has 1 atom stereocenters. The molecule has 6 nitrogen and oxygen atoms in total. The van der Waals surface area contributed by atoms with Gasteiger partial charge in [0.2, 0.25) is 5.95 Å². The second-order valence-electron chi connectivity index (χ2n) is 6.13. The maximum atomic E-state index is 6.29. The van der Waals surface area contributed by atoms with E-state index in [-0.39, 0.29) is 0 Å². The van der Waals surface area contributed by atoms with Crippen molar-refractivity contribution in [1.82, 2.24) is 20.2 Å². The number of rotatable bonds is 5. The van der Waals surface area contributed by atoms with Crippen LogP contribution in [0.3, 0.4) is 0 Å². The molecule has 0 saturated carbocycles. The number of fused-ring (bicyclic) bond motifs is 1. The summed E-state index contributed by atoms with van der Waals surface area (Å²) in [5.41, 5.74) is 3.25. The van der Waals surface area contributed by atoms with Crippen LogP contribution in [-0.2, 0) is 6.42 Å². The molecule has 3 aromatic rings. The quantitative estimate of drug-likeness (QED) is 0.710. The van der Waals surface area contributed by atoms with Crippen LogP contribution in [0.1, 0.15) is 23.5 Å². The molecular weight excluding hydrogens is 373 g/mol. The first-order chi connectivity index (χ1) is 12.7. The summed E-state index contributed by atoms with van der Waals surface area (Å²) in [6, 6.07) is 11.6. The molecule has 1 aliphatic carbocycles. The van der Waals surface area contributed by atoms with Gasteiger partial charge in [-0.25, -0.2) is 0 Å². The van der Waals surface area contributed by atoms with Gasteiger partial charge < -0.3 is 10.1 Å². The van der Waals surface area contributed by atoms with Crippen LogP contribution in [0.15, 0.2) is 36.4 Å². The summed E-state index contributed by atoms with van der Waals surface area (Å²) in [7, 11) is 1.71. The van der Waals surface area contributed by atoms with E-state index in [1.165, 1.54) is 11.1 Å². The highest BCUT2D eigenvalue weighted by Gasteiger charge is 2.25. The average molecular weight is 390 g/mol. The monoisotopic (exact) mass is 389 g/mol. The molecule has 134 valence electrons. The molecule has 1 heterocycles. The normalized spacial score (nSPS) is 15.7. The Labute approximate surface area is 161 Å². The van der Waals surface area contributed by atoms with Gasteiger partial charge in [0.1, 0.15) is 5.75 Å². The van der Waals surface area contributed by atoms with Crippen molar-refractivity contribution in [2.75, 3.05) is 19.0 Å². The van der Waals surface area contributed by atoms with Gasteiger partial charge in [0.15, 0.2) is 0 Å². The van der Waals surface area contributed by atoms with E-state index < -0.39 is 0 Å². The number of anilines is 1. The van der Waals surface area contributed by atoms with E-state index in [4.69, 9.17) is 27.9 Å². The van der Waals surface area contributed by atoms with Crippen molar-refractivity contribution in [2.45, 2.75) is 18.8 Å². The van der Waals surface area contributed by atoms with Gasteiger partial charge in [0.25, 0.3) is 0 Å². The van der Waals surface area contributed by atoms with Crippen molar-refractivity contribution in [3.05, 3.63) is 57.6 Å². The largest absolute Gasteiger partial charge is 0.496 e. The van der Waals surface area contributed by atoms with Gasteiger partial charge in [-0.2, -0.15) is 4.68 Å². The highest BCUT2D eigenvalue weighted by molar-refractivity contribution is 6.43. The number of aromatic nitrogens is 4. The Morgan fingerprint density at radius 3 is 2.92 bits per heavy atom. The van der Waals surface area contributed by atoms with Gasteiger partial charge in [0, 0.05) is 12.5 Å². The Morgan fingerprint density at radius 2 is 2.08 bits per heavy atom. The molecule has 0 amide bonds. The first kappa shape index (κ1) is 17.1. The summed E-state index contributed by atoms with van der Waals surface area (Å²) in [5.74, 6) is 1.87. The van der Waals surface area contributed by atoms with Crippen molar-refractivity contribution in [3.8, 4) is 11.4 Å². The fraction of sp³-hybridized carbons (Fsp3) is 0.278. The van der Waals surface area contributed by atoms with Crippen LogP contribution in [0.2, 0.25) is 10.0 Å². The van der Waals surface area contributed by atoms with E-state index >= 15 is 0 Å². The Kier molecular flexibility index (Phi) is 4.70. The second-order valence-corrected chi connectivity index (χ2v) is 6.92. The topological polar surface area (TPSA) is 64.9 Å². The summed E-state index contributed by atoms with van der Waals surface area (Å²) in [6.45, 7) is 0.721. The van der Waals surface area contributed by atoms with Crippen molar-refractivity contribution in [1.29, 1.82) is 0 Å². The van der Waals surface area contributed by atoms with E-state index in [1.54, 1.807) is 17.9 Å². The third kappa shape index (κ3) is 2.99. The first-order valence-electron chi connectivity index (χ1n) is 8.31. The first-order valence-corrected chi connectivity index (χ1v) is 9.07. The summed E-state index contributed by atoms with van der Waals surface area (Å²) in [5, 5.41) is 16.1. The van der Waals surface area contributed by atoms with Crippen LogP contribution in [0.25, 0.3) is 5.69 Å². The van der Waals surface area contributed by atoms with Gasteiger partial charge in [0.05, 0.1) is 22.8 Å². The van der Waals surface area contributed by atoms with E-state index in [0.717, 1.165) is 25.1 Å². The van der Waals surface area contributed by atoms with Crippen molar-refractivity contribution in [2.24, 2.45) is 0 Å². The lowest BCUT2D eigenvalue weighted by molar-refractivity contribution is 0.410. The van der Waals surface area contributed by atoms with E-state index in [0.29, 0.717) is 27.6 Å². The molecule has 2 aromatic carbocycles. The van der Waals surface area contributed by atoms with Gasteiger partial charge in [-0.3, -0.25) is 0 Å². The molecule has 8 heteroatoms. The van der Waals surface area contributed by atoms with E-state index in [9.17, 15) is 0 Å². The average Bonchev–Trinajstić information content (AvgIpc) is 3.28. The number of ether oxygens (including phenoxy) is 1. The molecule has 0 radical (unpaired) electrons. The standard InChI is InChI=1S/C18H17Cl2N5O/c1-26-16-7-2-4-12-11(8-9-13(12)16)10-21-18-22-23-24-25(18)15-6-3-5-14(19)17(15)20/h2-7,11H,8-10H2,1H3,(H,21,22,24). The smallest absolute Gasteiger partial charge is 0.247 e. The highest BCUT2D eigenvalue weighted by Crippen LogP contribution is 2.38. The SMILES string of the molecule is COc1cccc2c1CCC2CNc1nnnn1-c1cccc(Cl)c1Cl. The number of hydrogen-bond donors (Lipinski definition) is 1. The number of tetrazole rings is 1. The molecule has 1 unspecified atom stereocenters. The summed E-state index contributed by atoms with van der Waals surface area (Å²) >= 11 is 12.4. The summed E-state index contributed by atoms with van der Waals surface area (Å²) < 4.78 is 7.04. The lowest BCUT2D eigenvalue weighted by Crippen LogP contribution is -2.14. The number of nitrogens with one attached hydrogen (secondary N) is 1. The number of hydrogen-bond acceptors (Lipinski definition) is 5. The maximum Gasteiger partial charge on any atom is 0.247 e. The number of benzene rings is 2. The van der Waals surface area contributed by atoms with Crippen LogP contribution in [0.5, 0.6) is 5.75 Å². The van der Waals surface area contributed by atoms with Crippen LogP contribution >= 0.6 is 23.2 Å².